The zero-order valence-electron chi connectivity index (χ0n) is 17.8. The van der Waals surface area contributed by atoms with Crippen molar-refractivity contribution in [2.24, 2.45) is 35.5 Å². The minimum absolute atomic E-state index is 0.200. The average Bonchev–Trinajstić information content (AvgIpc) is 2.49. The van der Waals surface area contributed by atoms with Gasteiger partial charge in [-0.2, -0.15) is 0 Å². The molecule has 0 aliphatic heterocycles. The standard InChI is InChI=1S/C22H38O3Si/c1-14-9-10-17-13-15(2)21(25-26(7,8)22(4,5)6)16(3)20(17)18(14)11-12-19(23)24/h9-12,14-18,20-21H,13H2,1-8H3,(H,23,24)/b12-11+/t14-,15+,16-,17-,18-,20-,21-/m0/s1. The fourth-order valence-electron chi connectivity index (χ4n) is 4.72. The summed E-state index contributed by atoms with van der Waals surface area (Å²) in [5, 5.41) is 9.30. The van der Waals surface area contributed by atoms with Gasteiger partial charge >= 0.3 is 5.97 Å². The van der Waals surface area contributed by atoms with Crippen LogP contribution in [0.25, 0.3) is 0 Å². The fourth-order valence-corrected chi connectivity index (χ4v) is 6.21. The Balaban J connectivity index is 2.30. The molecule has 0 heterocycles. The van der Waals surface area contributed by atoms with E-state index in [0.29, 0.717) is 29.6 Å². The van der Waals surface area contributed by atoms with Crippen LogP contribution in [0.2, 0.25) is 18.1 Å². The monoisotopic (exact) mass is 378 g/mol. The highest BCUT2D eigenvalue weighted by molar-refractivity contribution is 6.74. The first kappa shape index (κ1) is 21.4. The van der Waals surface area contributed by atoms with E-state index in [1.165, 1.54) is 6.08 Å². The number of carbonyl (C=O) groups is 1. The first-order chi connectivity index (χ1) is 11.8. The van der Waals surface area contributed by atoms with Gasteiger partial charge in [0.2, 0.25) is 0 Å². The van der Waals surface area contributed by atoms with E-state index in [4.69, 9.17) is 9.53 Å². The average molecular weight is 379 g/mol. The minimum Gasteiger partial charge on any atom is -0.478 e. The molecule has 7 atom stereocenters. The molecule has 0 spiro atoms. The van der Waals surface area contributed by atoms with Crippen molar-refractivity contribution in [2.45, 2.75) is 72.2 Å². The van der Waals surface area contributed by atoms with E-state index in [9.17, 15) is 4.79 Å². The summed E-state index contributed by atoms with van der Waals surface area (Å²) >= 11 is 0. The number of carboxylic acid groups (broad SMARTS) is 1. The van der Waals surface area contributed by atoms with Crippen molar-refractivity contribution in [3.05, 3.63) is 24.3 Å². The topological polar surface area (TPSA) is 46.5 Å². The first-order valence-corrected chi connectivity index (χ1v) is 13.0. The molecule has 0 radical (unpaired) electrons. The van der Waals surface area contributed by atoms with Crippen LogP contribution in [0.5, 0.6) is 0 Å². The van der Waals surface area contributed by atoms with Crippen molar-refractivity contribution in [3.63, 3.8) is 0 Å². The summed E-state index contributed by atoms with van der Waals surface area (Å²) in [6.45, 7) is 18.4. The van der Waals surface area contributed by atoms with E-state index in [0.717, 1.165) is 6.42 Å². The second-order valence-corrected chi connectivity index (χ2v) is 14.9. The molecular weight excluding hydrogens is 340 g/mol. The van der Waals surface area contributed by atoms with Gasteiger partial charge in [0.25, 0.3) is 0 Å². The Morgan fingerprint density at radius 2 is 1.81 bits per heavy atom. The van der Waals surface area contributed by atoms with Crippen molar-refractivity contribution < 1.29 is 14.3 Å². The van der Waals surface area contributed by atoms with Crippen LogP contribution in [0, 0.1) is 35.5 Å². The van der Waals surface area contributed by atoms with E-state index in [-0.39, 0.29) is 17.1 Å². The highest BCUT2D eigenvalue weighted by Gasteiger charge is 2.49. The van der Waals surface area contributed by atoms with Gasteiger partial charge in [0.05, 0.1) is 6.10 Å². The van der Waals surface area contributed by atoms with Gasteiger partial charge in [-0.25, -0.2) is 4.79 Å². The molecule has 1 N–H and O–H groups in total. The summed E-state index contributed by atoms with van der Waals surface area (Å²) in [4.78, 5) is 11.1. The third kappa shape index (κ3) is 4.33. The second kappa shape index (κ2) is 7.63. The Kier molecular flexibility index (Phi) is 6.29. The molecule has 26 heavy (non-hydrogen) atoms. The van der Waals surface area contributed by atoms with Gasteiger partial charge in [0, 0.05) is 6.08 Å². The predicted octanol–water partition coefficient (Wildman–Crippen LogP) is 5.75. The molecule has 148 valence electrons. The second-order valence-electron chi connectivity index (χ2n) is 10.2. The van der Waals surface area contributed by atoms with Gasteiger partial charge in [-0.05, 0) is 60.1 Å². The third-order valence-electron chi connectivity index (χ3n) is 7.24. The van der Waals surface area contributed by atoms with E-state index in [1.807, 2.05) is 6.08 Å². The highest BCUT2D eigenvalue weighted by Crippen LogP contribution is 2.50. The molecule has 1 fully saturated rings. The molecule has 3 nitrogen and oxygen atoms in total. The van der Waals surface area contributed by atoms with Crippen LogP contribution in [-0.2, 0) is 9.22 Å². The third-order valence-corrected chi connectivity index (χ3v) is 11.7. The summed E-state index contributed by atoms with van der Waals surface area (Å²) in [6, 6.07) is 0. The maximum Gasteiger partial charge on any atom is 0.327 e. The lowest BCUT2D eigenvalue weighted by atomic mass is 9.58. The molecule has 0 unspecified atom stereocenters. The van der Waals surface area contributed by atoms with Crippen LogP contribution in [0.4, 0.5) is 0 Å². The maximum absolute atomic E-state index is 11.1. The minimum atomic E-state index is -1.84. The van der Waals surface area contributed by atoms with E-state index in [1.54, 1.807) is 0 Å². The summed E-state index contributed by atoms with van der Waals surface area (Å²) in [7, 11) is -1.84. The number of aliphatic carboxylic acids is 1. The zero-order chi connectivity index (χ0) is 19.9. The van der Waals surface area contributed by atoms with Gasteiger partial charge in [-0.3, -0.25) is 0 Å². The van der Waals surface area contributed by atoms with Gasteiger partial charge in [-0.1, -0.05) is 59.8 Å². The smallest absolute Gasteiger partial charge is 0.327 e. The van der Waals surface area contributed by atoms with Crippen molar-refractivity contribution in [3.8, 4) is 0 Å². The SMILES string of the molecule is C[C@@H]1[C@@H](O[Si](C)(C)C(C)(C)C)[C@H](C)C[C@@H]2C=C[C@H](C)[C@H](/C=C/C(=O)O)[C@@H]12. The molecule has 0 amide bonds. The number of allylic oxidation sites excluding steroid dienone is 3. The Morgan fingerprint density at radius 1 is 1.19 bits per heavy atom. The predicted molar refractivity (Wildman–Crippen MR) is 111 cm³/mol. The maximum atomic E-state index is 11.1. The quantitative estimate of drug-likeness (QED) is 0.385. The molecule has 1 saturated carbocycles. The summed E-state index contributed by atoms with van der Waals surface area (Å²) < 4.78 is 6.90. The van der Waals surface area contributed by atoms with Crippen LogP contribution >= 0.6 is 0 Å². The van der Waals surface area contributed by atoms with Crippen molar-refractivity contribution in [1.29, 1.82) is 0 Å². The molecular formula is C22H38O3Si. The molecule has 2 aliphatic carbocycles. The molecule has 0 bridgehead atoms. The Hall–Kier alpha value is -0.873. The highest BCUT2D eigenvalue weighted by atomic mass is 28.4. The van der Waals surface area contributed by atoms with Gasteiger partial charge in [-0.15, -0.1) is 0 Å². The summed E-state index contributed by atoms with van der Waals surface area (Å²) in [5.41, 5.74) is 0. The van der Waals surface area contributed by atoms with Gasteiger partial charge in [0.1, 0.15) is 0 Å². The molecule has 0 aromatic carbocycles. The lowest BCUT2D eigenvalue weighted by Crippen LogP contribution is -2.53. The van der Waals surface area contributed by atoms with Crippen LogP contribution in [0.1, 0.15) is 48.0 Å². The molecule has 0 aromatic rings. The normalized spacial score (nSPS) is 38.4. The van der Waals surface area contributed by atoms with Crippen LogP contribution in [0.15, 0.2) is 24.3 Å². The molecule has 0 aromatic heterocycles. The van der Waals surface area contributed by atoms with Gasteiger partial charge < -0.3 is 9.53 Å². The fraction of sp³-hybridized carbons (Fsp3) is 0.773. The molecule has 2 aliphatic rings. The number of hydrogen-bond acceptors (Lipinski definition) is 2. The van der Waals surface area contributed by atoms with E-state index in [2.05, 4.69) is 66.8 Å². The van der Waals surface area contributed by atoms with Crippen LogP contribution in [0.3, 0.4) is 0 Å². The number of rotatable bonds is 4. The molecule has 0 saturated heterocycles. The number of hydrogen-bond donors (Lipinski definition) is 1. The van der Waals surface area contributed by atoms with Gasteiger partial charge in [0.15, 0.2) is 8.32 Å². The summed E-state index contributed by atoms with van der Waals surface area (Å²) in [5.74, 6) is 1.73. The van der Waals surface area contributed by atoms with Crippen LogP contribution in [-0.4, -0.2) is 25.5 Å². The van der Waals surface area contributed by atoms with Crippen molar-refractivity contribution in [1.82, 2.24) is 0 Å². The summed E-state index contributed by atoms with van der Waals surface area (Å²) in [6.07, 6.45) is 9.34. The van der Waals surface area contributed by atoms with E-state index >= 15 is 0 Å². The lowest BCUT2D eigenvalue weighted by Gasteiger charge is -2.52. The van der Waals surface area contributed by atoms with Crippen molar-refractivity contribution in [2.75, 3.05) is 0 Å². The van der Waals surface area contributed by atoms with Crippen LogP contribution < -0.4 is 0 Å². The Morgan fingerprint density at radius 3 is 2.35 bits per heavy atom. The Labute approximate surface area is 161 Å². The Bertz CT molecular complexity index is 572. The lowest BCUT2D eigenvalue weighted by molar-refractivity contribution is -0.131. The first-order valence-electron chi connectivity index (χ1n) is 10.1. The van der Waals surface area contributed by atoms with Crippen molar-refractivity contribution >= 4 is 14.3 Å². The number of fused-ring (bicyclic) bond motifs is 1. The molecule has 4 heteroatoms. The molecule has 2 rings (SSSR count). The largest absolute Gasteiger partial charge is 0.478 e. The van der Waals surface area contributed by atoms with E-state index < -0.39 is 14.3 Å². The number of carboxylic acids is 1. The zero-order valence-corrected chi connectivity index (χ0v) is 18.8.